The van der Waals surface area contributed by atoms with Crippen LogP contribution in [0.25, 0.3) is 21.9 Å². The minimum absolute atomic E-state index is 1.23. The molecule has 0 aliphatic carbocycles. The quantitative estimate of drug-likeness (QED) is 0.686. The van der Waals surface area contributed by atoms with Crippen LogP contribution in [-0.4, -0.2) is 0 Å². The summed E-state index contributed by atoms with van der Waals surface area (Å²) in [6.07, 6.45) is 6.10. The molecule has 0 aliphatic rings. The van der Waals surface area contributed by atoms with Gasteiger partial charge in [-0.1, -0.05) is 18.7 Å². The second kappa shape index (κ2) is 4.60. The fourth-order valence-corrected chi connectivity index (χ4v) is 3.26. The number of allylic oxidation sites excluding steroid dienone is 1. The highest BCUT2D eigenvalue weighted by Crippen LogP contribution is 2.34. The highest BCUT2D eigenvalue weighted by Gasteiger charge is 2.03. The Labute approximate surface area is 98.2 Å². The van der Waals surface area contributed by atoms with E-state index in [1.54, 1.807) is 11.3 Å². The van der Waals surface area contributed by atoms with E-state index in [1.165, 1.54) is 19.5 Å². The first-order valence-electron chi connectivity index (χ1n) is 4.78. The van der Waals surface area contributed by atoms with Crippen LogP contribution in [0, 0.1) is 0 Å². The molecule has 0 saturated heterocycles. The summed E-state index contributed by atoms with van der Waals surface area (Å²) < 4.78 is 0. The zero-order chi connectivity index (χ0) is 10.7. The lowest BCUT2D eigenvalue weighted by molar-refractivity contribution is 1.78. The summed E-state index contributed by atoms with van der Waals surface area (Å²) in [4.78, 5) is 5.19. The van der Waals surface area contributed by atoms with Crippen molar-refractivity contribution in [1.29, 1.82) is 0 Å². The lowest BCUT2D eigenvalue weighted by Gasteiger charge is -1.87. The molecule has 0 fully saturated rings. The van der Waals surface area contributed by atoms with Crippen molar-refractivity contribution < 1.29 is 0 Å². The summed E-state index contributed by atoms with van der Waals surface area (Å²) in [5.74, 6) is 0. The Bertz CT molecular complexity index is 486. The molecule has 76 valence electrons. The molecule has 2 heteroatoms. The molecule has 0 aliphatic heterocycles. The molecule has 2 aromatic rings. The smallest absolute Gasteiger partial charge is 0.0449 e. The zero-order valence-corrected chi connectivity index (χ0v) is 10.2. The molecular weight excluding hydrogens is 220 g/mol. The van der Waals surface area contributed by atoms with Crippen LogP contribution in [0.3, 0.4) is 0 Å². The van der Waals surface area contributed by atoms with Crippen LogP contribution in [0.4, 0.5) is 0 Å². The van der Waals surface area contributed by atoms with Gasteiger partial charge in [0.15, 0.2) is 0 Å². The molecule has 0 unspecified atom stereocenters. The molecule has 0 spiro atoms. The van der Waals surface area contributed by atoms with E-state index < -0.39 is 0 Å². The topological polar surface area (TPSA) is 0 Å². The molecule has 0 N–H and O–H groups in total. The monoisotopic (exact) mass is 232 g/mol. The van der Waals surface area contributed by atoms with E-state index in [-0.39, 0.29) is 0 Å². The van der Waals surface area contributed by atoms with Gasteiger partial charge in [0.2, 0.25) is 0 Å². The van der Waals surface area contributed by atoms with Crippen molar-refractivity contribution in [3.05, 3.63) is 46.7 Å². The summed E-state index contributed by atoms with van der Waals surface area (Å²) in [6.45, 7) is 5.82. The fourth-order valence-electron chi connectivity index (χ4n) is 1.33. The van der Waals surface area contributed by atoms with Crippen molar-refractivity contribution in [2.75, 3.05) is 0 Å². The highest BCUT2D eigenvalue weighted by molar-refractivity contribution is 7.22. The molecule has 2 rings (SSSR count). The number of hydrogen-bond donors (Lipinski definition) is 0. The minimum atomic E-state index is 1.23. The summed E-state index contributed by atoms with van der Waals surface area (Å²) in [6, 6.07) is 8.61. The van der Waals surface area contributed by atoms with Gasteiger partial charge in [-0.15, -0.1) is 22.7 Å². The van der Waals surface area contributed by atoms with Crippen LogP contribution in [0.15, 0.2) is 36.9 Å². The van der Waals surface area contributed by atoms with E-state index in [2.05, 4.69) is 43.0 Å². The Hall–Kier alpha value is -1.12. The molecule has 0 radical (unpaired) electrons. The Kier molecular flexibility index (Phi) is 3.19. The van der Waals surface area contributed by atoms with Crippen LogP contribution in [0.5, 0.6) is 0 Å². The van der Waals surface area contributed by atoms with Gasteiger partial charge in [0, 0.05) is 19.5 Å². The van der Waals surface area contributed by atoms with Crippen molar-refractivity contribution in [2.24, 2.45) is 0 Å². The lowest BCUT2D eigenvalue weighted by Crippen LogP contribution is -1.56. The third-order valence-corrected chi connectivity index (χ3v) is 4.36. The van der Waals surface area contributed by atoms with Crippen molar-refractivity contribution >= 4 is 34.8 Å². The standard InChI is InChI=1S/C13H12S2/c1-3-5-11-7-9-13(15-11)12-8-6-10(4-2)14-12/h3-9H,2H2,1H3/b5-3+. The van der Waals surface area contributed by atoms with Crippen molar-refractivity contribution in [3.63, 3.8) is 0 Å². The highest BCUT2D eigenvalue weighted by atomic mass is 32.1. The van der Waals surface area contributed by atoms with Gasteiger partial charge in [-0.25, -0.2) is 0 Å². The number of thiophene rings is 2. The fraction of sp³-hybridized carbons (Fsp3) is 0.0769. The summed E-state index contributed by atoms with van der Waals surface area (Å²) in [5, 5.41) is 0. The molecule has 2 heterocycles. The second-order valence-electron chi connectivity index (χ2n) is 3.11. The molecule has 0 nitrogen and oxygen atoms in total. The van der Waals surface area contributed by atoms with Crippen LogP contribution in [-0.2, 0) is 0 Å². The average molecular weight is 232 g/mol. The van der Waals surface area contributed by atoms with Gasteiger partial charge in [-0.3, -0.25) is 0 Å². The number of rotatable bonds is 3. The Morgan fingerprint density at radius 3 is 2.13 bits per heavy atom. The van der Waals surface area contributed by atoms with Gasteiger partial charge >= 0.3 is 0 Å². The molecule has 0 bridgehead atoms. The van der Waals surface area contributed by atoms with E-state index in [4.69, 9.17) is 0 Å². The third-order valence-electron chi connectivity index (χ3n) is 2.03. The third kappa shape index (κ3) is 2.28. The van der Waals surface area contributed by atoms with Gasteiger partial charge in [-0.2, -0.15) is 0 Å². The molecule has 2 aromatic heterocycles. The first-order valence-corrected chi connectivity index (χ1v) is 6.42. The molecule has 15 heavy (non-hydrogen) atoms. The Morgan fingerprint density at radius 1 is 1.00 bits per heavy atom. The van der Waals surface area contributed by atoms with E-state index in [0.29, 0.717) is 0 Å². The summed E-state index contributed by atoms with van der Waals surface area (Å²) >= 11 is 3.61. The van der Waals surface area contributed by atoms with E-state index in [0.717, 1.165) is 0 Å². The Balaban J connectivity index is 2.32. The summed E-state index contributed by atoms with van der Waals surface area (Å²) in [5.41, 5.74) is 0. The normalized spacial score (nSPS) is 11.0. The van der Waals surface area contributed by atoms with E-state index in [1.807, 2.05) is 24.3 Å². The van der Waals surface area contributed by atoms with Crippen LogP contribution < -0.4 is 0 Å². The predicted molar refractivity (Wildman–Crippen MR) is 72.4 cm³/mol. The SMILES string of the molecule is C=Cc1ccc(-c2ccc(/C=C/C)s2)s1. The largest absolute Gasteiger partial charge is 0.135 e. The molecular formula is C13H12S2. The maximum absolute atomic E-state index is 3.78. The van der Waals surface area contributed by atoms with Gasteiger partial charge in [0.1, 0.15) is 0 Å². The lowest BCUT2D eigenvalue weighted by atomic mass is 10.3. The Morgan fingerprint density at radius 2 is 1.60 bits per heavy atom. The zero-order valence-electron chi connectivity index (χ0n) is 8.57. The average Bonchev–Trinajstić information content (AvgIpc) is 2.85. The van der Waals surface area contributed by atoms with Gasteiger partial charge < -0.3 is 0 Å². The van der Waals surface area contributed by atoms with Gasteiger partial charge in [0.25, 0.3) is 0 Å². The predicted octanol–water partition coefficient (Wildman–Crippen LogP) is 5.15. The van der Waals surface area contributed by atoms with E-state index in [9.17, 15) is 0 Å². The van der Waals surface area contributed by atoms with Crippen LogP contribution in [0.1, 0.15) is 16.7 Å². The minimum Gasteiger partial charge on any atom is -0.135 e. The van der Waals surface area contributed by atoms with Gasteiger partial charge in [0.05, 0.1) is 0 Å². The summed E-state index contributed by atoms with van der Waals surface area (Å²) in [7, 11) is 0. The molecule has 0 amide bonds. The molecule has 0 atom stereocenters. The van der Waals surface area contributed by atoms with Crippen molar-refractivity contribution in [3.8, 4) is 9.75 Å². The first kappa shape index (κ1) is 10.4. The van der Waals surface area contributed by atoms with Crippen molar-refractivity contribution in [2.45, 2.75) is 6.92 Å². The maximum atomic E-state index is 3.78. The van der Waals surface area contributed by atoms with E-state index >= 15 is 0 Å². The number of hydrogen-bond acceptors (Lipinski definition) is 2. The van der Waals surface area contributed by atoms with Gasteiger partial charge in [-0.05, 0) is 37.3 Å². The maximum Gasteiger partial charge on any atom is 0.0449 e. The van der Waals surface area contributed by atoms with Crippen LogP contribution in [0.2, 0.25) is 0 Å². The van der Waals surface area contributed by atoms with Crippen molar-refractivity contribution in [1.82, 2.24) is 0 Å². The second-order valence-corrected chi connectivity index (χ2v) is 5.34. The van der Waals surface area contributed by atoms with Crippen LogP contribution >= 0.6 is 22.7 Å². The first-order chi connectivity index (χ1) is 7.33. The molecule has 0 saturated carbocycles. The molecule has 0 aromatic carbocycles.